The van der Waals surface area contributed by atoms with Gasteiger partial charge in [-0.1, -0.05) is 18.2 Å². The number of hydrogen-bond acceptors (Lipinski definition) is 3. The van der Waals surface area contributed by atoms with Crippen LogP contribution in [0, 0.1) is 12.8 Å². The number of carbonyl (C=O) groups excluding carboxylic acids is 1. The summed E-state index contributed by atoms with van der Waals surface area (Å²) >= 11 is 0. The van der Waals surface area contributed by atoms with Gasteiger partial charge in [-0.05, 0) is 43.9 Å². The van der Waals surface area contributed by atoms with E-state index < -0.39 is 0 Å². The summed E-state index contributed by atoms with van der Waals surface area (Å²) in [5.74, 6) is 0.319. The third kappa shape index (κ3) is 3.26. The Morgan fingerprint density at radius 3 is 2.61 bits per heavy atom. The maximum Gasteiger partial charge on any atom is 0.261 e. The summed E-state index contributed by atoms with van der Waals surface area (Å²) in [5, 5.41) is 0.919. The SMILES string of the molecule is Cc1c(C(=O)N2CCC(CN)CC2)c(=O)[nH]c2ccccc12.Cl. The molecular weight excluding hydrogens is 314 g/mol. The number of pyridine rings is 1. The summed E-state index contributed by atoms with van der Waals surface area (Å²) in [6, 6.07) is 7.56. The summed E-state index contributed by atoms with van der Waals surface area (Å²) in [7, 11) is 0. The van der Waals surface area contributed by atoms with Crippen LogP contribution < -0.4 is 11.3 Å². The fourth-order valence-electron chi connectivity index (χ4n) is 3.20. The van der Waals surface area contributed by atoms with Gasteiger partial charge >= 0.3 is 0 Å². The van der Waals surface area contributed by atoms with Crippen molar-refractivity contribution in [3.8, 4) is 0 Å². The number of nitrogens with two attached hydrogens (primary N) is 1. The zero-order chi connectivity index (χ0) is 15.7. The molecule has 0 bridgehead atoms. The smallest absolute Gasteiger partial charge is 0.261 e. The monoisotopic (exact) mass is 335 g/mol. The van der Waals surface area contributed by atoms with E-state index in [1.54, 1.807) is 4.90 Å². The average molecular weight is 336 g/mol. The normalized spacial score (nSPS) is 15.5. The molecule has 1 amide bonds. The highest BCUT2D eigenvalue weighted by Gasteiger charge is 2.26. The maximum atomic E-state index is 12.8. The number of amides is 1. The van der Waals surface area contributed by atoms with Crippen LogP contribution in [0.4, 0.5) is 0 Å². The van der Waals surface area contributed by atoms with Crippen LogP contribution >= 0.6 is 12.4 Å². The molecule has 0 spiro atoms. The molecule has 1 aliphatic rings. The Hall–Kier alpha value is -1.85. The molecule has 0 radical (unpaired) electrons. The first-order valence-electron chi connectivity index (χ1n) is 7.72. The molecule has 3 N–H and O–H groups in total. The van der Waals surface area contributed by atoms with Gasteiger partial charge in [0.15, 0.2) is 0 Å². The number of likely N-dealkylation sites (tertiary alicyclic amines) is 1. The molecule has 0 atom stereocenters. The van der Waals surface area contributed by atoms with E-state index in [-0.39, 0.29) is 29.4 Å². The fourth-order valence-corrected chi connectivity index (χ4v) is 3.20. The number of H-pyrrole nitrogens is 1. The van der Waals surface area contributed by atoms with Crippen LogP contribution in [0.1, 0.15) is 28.8 Å². The highest BCUT2D eigenvalue weighted by Crippen LogP contribution is 2.21. The molecule has 5 nitrogen and oxygen atoms in total. The minimum atomic E-state index is -0.304. The van der Waals surface area contributed by atoms with Crippen LogP contribution in [-0.4, -0.2) is 35.4 Å². The number of para-hydroxylation sites is 1. The molecule has 23 heavy (non-hydrogen) atoms. The molecule has 0 unspecified atom stereocenters. The summed E-state index contributed by atoms with van der Waals surface area (Å²) in [6.07, 6.45) is 1.82. The Balaban J connectivity index is 0.00000192. The van der Waals surface area contributed by atoms with Crippen molar-refractivity contribution >= 4 is 29.2 Å². The van der Waals surface area contributed by atoms with Gasteiger partial charge in [0.25, 0.3) is 11.5 Å². The van der Waals surface area contributed by atoms with Crippen molar-refractivity contribution in [1.29, 1.82) is 0 Å². The van der Waals surface area contributed by atoms with Gasteiger partial charge in [0.2, 0.25) is 0 Å². The molecule has 2 heterocycles. The predicted octanol–water partition coefficient (Wildman–Crippen LogP) is 2.07. The Morgan fingerprint density at radius 2 is 1.96 bits per heavy atom. The number of benzene rings is 1. The second-order valence-electron chi connectivity index (χ2n) is 5.97. The summed E-state index contributed by atoms with van der Waals surface area (Å²) < 4.78 is 0. The molecule has 3 rings (SSSR count). The van der Waals surface area contributed by atoms with E-state index in [9.17, 15) is 9.59 Å². The van der Waals surface area contributed by atoms with Gasteiger partial charge in [-0.3, -0.25) is 9.59 Å². The molecule has 2 aromatic rings. The van der Waals surface area contributed by atoms with E-state index >= 15 is 0 Å². The van der Waals surface area contributed by atoms with Gasteiger partial charge < -0.3 is 15.6 Å². The second kappa shape index (κ2) is 7.15. The Bertz CT molecular complexity index is 764. The summed E-state index contributed by atoms with van der Waals surface area (Å²) in [5.41, 5.74) is 7.17. The molecule has 1 aromatic heterocycles. The van der Waals surface area contributed by atoms with Crippen LogP contribution in [0.3, 0.4) is 0 Å². The van der Waals surface area contributed by atoms with E-state index in [2.05, 4.69) is 4.98 Å². The fraction of sp³-hybridized carbons (Fsp3) is 0.412. The largest absolute Gasteiger partial charge is 0.338 e. The lowest BCUT2D eigenvalue weighted by atomic mass is 9.96. The molecule has 0 aliphatic carbocycles. The highest BCUT2D eigenvalue weighted by molar-refractivity contribution is 5.99. The molecule has 1 saturated heterocycles. The van der Waals surface area contributed by atoms with Gasteiger partial charge in [0, 0.05) is 24.0 Å². The number of nitrogens with zero attached hydrogens (tertiary/aromatic N) is 1. The van der Waals surface area contributed by atoms with E-state index in [1.165, 1.54) is 0 Å². The van der Waals surface area contributed by atoms with Gasteiger partial charge in [0.05, 0.1) is 0 Å². The zero-order valence-electron chi connectivity index (χ0n) is 13.2. The van der Waals surface area contributed by atoms with Crippen molar-refractivity contribution in [3.05, 3.63) is 45.7 Å². The average Bonchev–Trinajstić information content (AvgIpc) is 2.55. The van der Waals surface area contributed by atoms with E-state index in [0.717, 1.165) is 29.3 Å². The standard InChI is InChI=1S/C17H21N3O2.ClH/c1-11-13-4-2-3-5-14(13)19-16(21)15(11)17(22)20-8-6-12(10-18)7-9-20;/h2-5,12H,6-10,18H2,1H3,(H,19,21);1H. The maximum absolute atomic E-state index is 12.8. The Labute approximate surface area is 141 Å². The lowest BCUT2D eigenvalue weighted by Crippen LogP contribution is -2.42. The first-order valence-corrected chi connectivity index (χ1v) is 7.72. The first kappa shape index (κ1) is 17.5. The van der Waals surface area contributed by atoms with Crippen LogP contribution in [0.2, 0.25) is 0 Å². The molecule has 0 saturated carbocycles. The molecule has 1 aliphatic heterocycles. The highest BCUT2D eigenvalue weighted by atomic mass is 35.5. The number of aromatic amines is 1. The van der Waals surface area contributed by atoms with Crippen molar-refractivity contribution < 1.29 is 4.79 Å². The summed E-state index contributed by atoms with van der Waals surface area (Å²) in [4.78, 5) is 29.7. The number of carbonyl (C=O) groups is 1. The minimum Gasteiger partial charge on any atom is -0.338 e. The molecule has 6 heteroatoms. The van der Waals surface area contributed by atoms with E-state index in [4.69, 9.17) is 5.73 Å². The van der Waals surface area contributed by atoms with Gasteiger partial charge in [0.1, 0.15) is 5.56 Å². The zero-order valence-corrected chi connectivity index (χ0v) is 14.0. The Morgan fingerprint density at radius 1 is 1.30 bits per heavy atom. The number of nitrogens with one attached hydrogen (secondary N) is 1. The molecule has 124 valence electrons. The quantitative estimate of drug-likeness (QED) is 0.881. The van der Waals surface area contributed by atoms with Crippen molar-refractivity contribution in [2.45, 2.75) is 19.8 Å². The molecule has 1 aromatic carbocycles. The third-order valence-electron chi connectivity index (χ3n) is 4.63. The Kier molecular flexibility index (Phi) is 5.44. The number of rotatable bonds is 2. The van der Waals surface area contributed by atoms with Crippen LogP contribution in [0.5, 0.6) is 0 Å². The van der Waals surface area contributed by atoms with Gasteiger partial charge in [-0.15, -0.1) is 12.4 Å². The lowest BCUT2D eigenvalue weighted by Gasteiger charge is -2.31. The van der Waals surface area contributed by atoms with E-state index in [1.807, 2.05) is 31.2 Å². The van der Waals surface area contributed by atoms with Crippen molar-refractivity contribution in [3.63, 3.8) is 0 Å². The van der Waals surface area contributed by atoms with Crippen LogP contribution in [-0.2, 0) is 0 Å². The predicted molar refractivity (Wildman–Crippen MR) is 94.2 cm³/mol. The number of aromatic nitrogens is 1. The van der Waals surface area contributed by atoms with E-state index in [0.29, 0.717) is 25.6 Å². The number of fused-ring (bicyclic) bond motifs is 1. The minimum absolute atomic E-state index is 0. The molecular formula is C17H22ClN3O2. The molecule has 1 fully saturated rings. The van der Waals surface area contributed by atoms with Gasteiger partial charge in [-0.2, -0.15) is 0 Å². The van der Waals surface area contributed by atoms with Crippen molar-refractivity contribution in [1.82, 2.24) is 9.88 Å². The number of hydrogen-bond donors (Lipinski definition) is 2. The number of aryl methyl sites for hydroxylation is 1. The third-order valence-corrected chi connectivity index (χ3v) is 4.63. The number of piperidine rings is 1. The van der Waals surface area contributed by atoms with Gasteiger partial charge in [-0.25, -0.2) is 0 Å². The summed E-state index contributed by atoms with van der Waals surface area (Å²) in [6.45, 7) is 3.86. The van der Waals surface area contributed by atoms with Crippen molar-refractivity contribution in [2.75, 3.05) is 19.6 Å². The lowest BCUT2D eigenvalue weighted by molar-refractivity contribution is 0.0691. The first-order chi connectivity index (χ1) is 10.6. The van der Waals surface area contributed by atoms with Crippen molar-refractivity contribution in [2.24, 2.45) is 11.7 Å². The van der Waals surface area contributed by atoms with Crippen LogP contribution in [0.15, 0.2) is 29.1 Å². The van der Waals surface area contributed by atoms with Crippen LogP contribution in [0.25, 0.3) is 10.9 Å². The topological polar surface area (TPSA) is 79.2 Å². The second-order valence-corrected chi connectivity index (χ2v) is 5.97. The number of halogens is 1.